The van der Waals surface area contributed by atoms with Gasteiger partial charge in [0.2, 0.25) is 0 Å². The molecule has 1 N–H and O–H groups in total. The maximum absolute atomic E-state index is 13.1. The van der Waals surface area contributed by atoms with Crippen LogP contribution in [0.4, 0.5) is 4.39 Å². The van der Waals surface area contributed by atoms with Crippen molar-refractivity contribution in [2.75, 3.05) is 0 Å². The van der Waals surface area contributed by atoms with Crippen LogP contribution in [0.5, 0.6) is 0 Å². The normalized spacial score (nSPS) is 13.6. The van der Waals surface area contributed by atoms with E-state index in [0.29, 0.717) is 5.56 Å². The first-order valence-corrected chi connectivity index (χ1v) is 6.65. The van der Waals surface area contributed by atoms with Gasteiger partial charge in [-0.25, -0.2) is 4.39 Å². The van der Waals surface area contributed by atoms with E-state index in [2.05, 4.69) is 0 Å². The standard InChI is InChI=1S/C12H12FNO3S/c1-2-11(12(15)16)18(17)7-9-3-8(6-14)4-10(13)5-9/h3-5,11H,2,7H2,1H3,(H,15,16). The number of nitrogens with zero attached hydrogens (tertiary/aromatic N) is 1. The lowest BCUT2D eigenvalue weighted by molar-refractivity contribution is -0.136. The molecule has 0 saturated carbocycles. The van der Waals surface area contributed by atoms with Crippen LogP contribution < -0.4 is 0 Å². The molecule has 6 heteroatoms. The summed E-state index contributed by atoms with van der Waals surface area (Å²) in [6, 6.07) is 5.43. The summed E-state index contributed by atoms with van der Waals surface area (Å²) in [7, 11) is -1.63. The van der Waals surface area contributed by atoms with Gasteiger partial charge in [-0.2, -0.15) is 5.26 Å². The summed E-state index contributed by atoms with van der Waals surface area (Å²) in [5.41, 5.74) is 0.495. The predicted molar refractivity (Wildman–Crippen MR) is 64.7 cm³/mol. The largest absolute Gasteiger partial charge is 0.480 e. The second kappa shape index (κ2) is 6.26. The Morgan fingerprint density at radius 2 is 2.22 bits per heavy atom. The van der Waals surface area contributed by atoms with Crippen LogP contribution in [-0.4, -0.2) is 20.5 Å². The smallest absolute Gasteiger partial charge is 0.319 e. The minimum Gasteiger partial charge on any atom is -0.480 e. The minimum absolute atomic E-state index is 0.0722. The third kappa shape index (κ3) is 3.64. The van der Waals surface area contributed by atoms with Crippen molar-refractivity contribution in [1.29, 1.82) is 5.26 Å². The molecule has 18 heavy (non-hydrogen) atoms. The second-order valence-electron chi connectivity index (χ2n) is 3.72. The highest BCUT2D eigenvalue weighted by Gasteiger charge is 2.22. The molecule has 1 rings (SSSR count). The van der Waals surface area contributed by atoms with E-state index >= 15 is 0 Å². The Balaban J connectivity index is 2.91. The Labute approximate surface area is 107 Å². The van der Waals surface area contributed by atoms with Crippen molar-refractivity contribution in [2.45, 2.75) is 24.3 Å². The van der Waals surface area contributed by atoms with Gasteiger partial charge in [0.15, 0.2) is 0 Å². The molecule has 0 amide bonds. The van der Waals surface area contributed by atoms with Gasteiger partial charge in [-0.05, 0) is 30.2 Å². The van der Waals surface area contributed by atoms with Crippen LogP contribution in [0.1, 0.15) is 24.5 Å². The van der Waals surface area contributed by atoms with E-state index in [-0.39, 0.29) is 17.7 Å². The molecular weight excluding hydrogens is 257 g/mol. The molecule has 2 atom stereocenters. The zero-order chi connectivity index (χ0) is 13.7. The zero-order valence-corrected chi connectivity index (χ0v) is 10.5. The van der Waals surface area contributed by atoms with Crippen LogP contribution in [0.3, 0.4) is 0 Å². The van der Waals surface area contributed by atoms with E-state index in [4.69, 9.17) is 10.4 Å². The highest BCUT2D eigenvalue weighted by molar-refractivity contribution is 7.85. The number of hydrogen-bond donors (Lipinski definition) is 1. The first-order chi connectivity index (χ1) is 8.47. The lowest BCUT2D eigenvalue weighted by Gasteiger charge is -2.09. The van der Waals surface area contributed by atoms with Gasteiger partial charge in [-0.1, -0.05) is 6.92 Å². The van der Waals surface area contributed by atoms with Crippen molar-refractivity contribution in [3.63, 3.8) is 0 Å². The quantitative estimate of drug-likeness (QED) is 0.884. The molecule has 4 nitrogen and oxygen atoms in total. The number of nitriles is 1. The van der Waals surface area contributed by atoms with Crippen LogP contribution in [-0.2, 0) is 21.3 Å². The van der Waals surface area contributed by atoms with Crippen molar-refractivity contribution in [1.82, 2.24) is 0 Å². The zero-order valence-electron chi connectivity index (χ0n) is 9.72. The van der Waals surface area contributed by atoms with E-state index in [1.165, 1.54) is 6.07 Å². The van der Waals surface area contributed by atoms with E-state index in [1.54, 1.807) is 13.0 Å². The molecule has 0 radical (unpaired) electrons. The number of carbonyl (C=O) groups is 1. The van der Waals surface area contributed by atoms with E-state index in [1.807, 2.05) is 0 Å². The van der Waals surface area contributed by atoms with Gasteiger partial charge in [0.1, 0.15) is 11.1 Å². The second-order valence-corrected chi connectivity index (χ2v) is 5.34. The van der Waals surface area contributed by atoms with Crippen molar-refractivity contribution >= 4 is 16.8 Å². The Kier molecular flexibility index (Phi) is 4.98. The lowest BCUT2D eigenvalue weighted by Crippen LogP contribution is -2.25. The summed E-state index contributed by atoms with van der Waals surface area (Å²) in [4.78, 5) is 10.8. The Morgan fingerprint density at radius 1 is 1.56 bits per heavy atom. The fourth-order valence-electron chi connectivity index (χ4n) is 1.54. The van der Waals surface area contributed by atoms with E-state index in [9.17, 15) is 13.4 Å². The molecule has 0 heterocycles. The van der Waals surface area contributed by atoms with Crippen LogP contribution in [0.25, 0.3) is 0 Å². The average molecular weight is 269 g/mol. The number of aliphatic carboxylic acids is 1. The number of halogens is 1. The third-order valence-corrected chi connectivity index (χ3v) is 4.15. The SMILES string of the molecule is CCC(C(=O)O)S(=O)Cc1cc(F)cc(C#N)c1. The first kappa shape index (κ1) is 14.3. The summed E-state index contributed by atoms with van der Waals surface area (Å²) < 4.78 is 25.0. The maximum Gasteiger partial charge on any atom is 0.319 e. The van der Waals surface area contributed by atoms with Crippen LogP contribution in [0, 0.1) is 17.1 Å². The molecule has 0 saturated heterocycles. The molecule has 2 unspecified atom stereocenters. The summed E-state index contributed by atoms with van der Waals surface area (Å²) in [6.07, 6.45) is 0.238. The van der Waals surface area contributed by atoms with Crippen molar-refractivity contribution in [3.8, 4) is 6.07 Å². The van der Waals surface area contributed by atoms with Gasteiger partial charge in [-0.3, -0.25) is 9.00 Å². The molecule has 1 aromatic rings. The molecule has 0 aromatic heterocycles. The Morgan fingerprint density at radius 3 is 2.72 bits per heavy atom. The Hall–Kier alpha value is -1.74. The topological polar surface area (TPSA) is 78.2 Å². The molecule has 0 fully saturated rings. The van der Waals surface area contributed by atoms with E-state index < -0.39 is 27.8 Å². The molecule has 0 aliphatic rings. The monoisotopic (exact) mass is 269 g/mol. The van der Waals surface area contributed by atoms with E-state index in [0.717, 1.165) is 12.1 Å². The van der Waals surface area contributed by atoms with Gasteiger partial charge in [0, 0.05) is 16.6 Å². The lowest BCUT2D eigenvalue weighted by atomic mass is 10.1. The molecular formula is C12H12FNO3S. The third-order valence-electron chi connectivity index (χ3n) is 2.36. The fraction of sp³-hybridized carbons (Fsp3) is 0.333. The summed E-state index contributed by atoms with van der Waals surface area (Å²) in [5, 5.41) is 16.6. The number of carboxylic acid groups (broad SMARTS) is 1. The molecule has 0 spiro atoms. The summed E-state index contributed by atoms with van der Waals surface area (Å²) >= 11 is 0. The van der Waals surface area contributed by atoms with Crippen LogP contribution in [0.2, 0.25) is 0 Å². The molecule has 0 aliphatic carbocycles. The van der Waals surface area contributed by atoms with Gasteiger partial charge in [0.25, 0.3) is 0 Å². The minimum atomic E-state index is -1.63. The summed E-state index contributed by atoms with van der Waals surface area (Å²) in [6.45, 7) is 1.63. The number of rotatable bonds is 5. The van der Waals surface area contributed by atoms with Gasteiger partial charge in [0.05, 0.1) is 11.6 Å². The highest BCUT2D eigenvalue weighted by Crippen LogP contribution is 2.14. The molecule has 0 bridgehead atoms. The fourth-order valence-corrected chi connectivity index (χ4v) is 2.83. The van der Waals surface area contributed by atoms with Crippen molar-refractivity contribution < 1.29 is 18.5 Å². The predicted octanol–water partition coefficient (Wildman–Crippen LogP) is 1.81. The van der Waals surface area contributed by atoms with Crippen LogP contribution in [0.15, 0.2) is 18.2 Å². The molecule has 0 aliphatic heterocycles. The number of carboxylic acids is 1. The number of hydrogen-bond acceptors (Lipinski definition) is 3. The van der Waals surface area contributed by atoms with Crippen molar-refractivity contribution in [2.24, 2.45) is 0 Å². The average Bonchev–Trinajstić information content (AvgIpc) is 2.28. The van der Waals surface area contributed by atoms with Crippen LogP contribution >= 0.6 is 0 Å². The summed E-state index contributed by atoms with van der Waals surface area (Å²) in [5.74, 6) is -1.80. The molecule has 1 aromatic carbocycles. The van der Waals surface area contributed by atoms with Gasteiger partial charge < -0.3 is 5.11 Å². The first-order valence-electron chi connectivity index (χ1n) is 5.27. The number of benzene rings is 1. The Bertz CT molecular complexity index is 525. The van der Waals surface area contributed by atoms with Crippen molar-refractivity contribution in [3.05, 3.63) is 35.1 Å². The van der Waals surface area contributed by atoms with Gasteiger partial charge in [-0.15, -0.1) is 0 Å². The van der Waals surface area contributed by atoms with Gasteiger partial charge >= 0.3 is 5.97 Å². The maximum atomic E-state index is 13.1. The highest BCUT2D eigenvalue weighted by atomic mass is 32.2. The molecule has 96 valence electrons.